The van der Waals surface area contributed by atoms with Crippen molar-refractivity contribution in [2.75, 3.05) is 11.9 Å². The maximum atomic E-state index is 11.9. The number of hydrogen-bond acceptors (Lipinski definition) is 5. The summed E-state index contributed by atoms with van der Waals surface area (Å²) in [4.78, 5) is 16.1. The lowest BCUT2D eigenvalue weighted by Crippen LogP contribution is -2.32. The van der Waals surface area contributed by atoms with Crippen LogP contribution in [0.4, 0.5) is 10.6 Å². The largest absolute Gasteiger partial charge is 0.337 e. The first-order chi connectivity index (χ1) is 10.4. The van der Waals surface area contributed by atoms with Crippen LogP contribution in [0.5, 0.6) is 0 Å². The molecule has 2 amide bonds. The molecule has 2 rings (SSSR count). The molecule has 0 saturated carbocycles. The predicted octanol–water partition coefficient (Wildman–Crippen LogP) is 3.16. The summed E-state index contributed by atoms with van der Waals surface area (Å²) in [6.07, 6.45) is 1.77. The van der Waals surface area contributed by atoms with Gasteiger partial charge in [0, 0.05) is 29.5 Å². The number of nitrogens with one attached hydrogen (secondary N) is 2. The van der Waals surface area contributed by atoms with E-state index in [0.29, 0.717) is 12.4 Å². The minimum absolute atomic E-state index is 0.0586. The van der Waals surface area contributed by atoms with Crippen molar-refractivity contribution in [2.24, 2.45) is 0 Å². The molecule has 0 aliphatic carbocycles. The number of hydrogen-bond donors (Lipinski definition) is 2. The number of rotatable bonds is 4. The number of amides is 2. The van der Waals surface area contributed by atoms with E-state index in [4.69, 9.17) is 0 Å². The van der Waals surface area contributed by atoms with Crippen molar-refractivity contribution in [3.05, 3.63) is 34.4 Å². The third-order valence-electron chi connectivity index (χ3n) is 3.12. The molecule has 7 heteroatoms. The maximum Gasteiger partial charge on any atom is 0.320 e. The number of urea groups is 1. The number of thiazole rings is 1. The monoisotopic (exact) mass is 319 g/mol. The standard InChI is InChI=1S/C15H21N5OS/c1-10(13-16-7-8-22-13)9-17-14(21)18-12-6-5-11(19-20-12)15(2,3)4/h5-8,10H,9H2,1-4H3,(H2,17,18,20,21). The molecule has 0 aliphatic rings. The number of nitrogens with zero attached hydrogens (tertiary/aromatic N) is 3. The fourth-order valence-electron chi connectivity index (χ4n) is 1.77. The number of carbonyl (C=O) groups excluding carboxylic acids is 1. The van der Waals surface area contributed by atoms with Crippen LogP contribution in [0.1, 0.15) is 44.3 Å². The first kappa shape index (κ1) is 16.4. The second-order valence-corrected chi connectivity index (χ2v) is 7.09. The van der Waals surface area contributed by atoms with E-state index in [1.165, 1.54) is 0 Å². The van der Waals surface area contributed by atoms with Gasteiger partial charge in [-0.15, -0.1) is 16.4 Å². The van der Waals surface area contributed by atoms with Crippen molar-refractivity contribution in [3.8, 4) is 0 Å². The average molecular weight is 319 g/mol. The second kappa shape index (κ2) is 6.83. The van der Waals surface area contributed by atoms with Gasteiger partial charge in [-0.2, -0.15) is 5.10 Å². The number of anilines is 1. The van der Waals surface area contributed by atoms with Crippen LogP contribution in [0.15, 0.2) is 23.7 Å². The van der Waals surface area contributed by atoms with Crippen LogP contribution in [-0.2, 0) is 5.41 Å². The van der Waals surface area contributed by atoms with E-state index < -0.39 is 0 Å². The van der Waals surface area contributed by atoms with E-state index >= 15 is 0 Å². The van der Waals surface area contributed by atoms with Crippen LogP contribution >= 0.6 is 11.3 Å². The van der Waals surface area contributed by atoms with Gasteiger partial charge < -0.3 is 5.32 Å². The molecule has 6 nitrogen and oxygen atoms in total. The third kappa shape index (κ3) is 4.49. The van der Waals surface area contributed by atoms with Gasteiger partial charge in [0.15, 0.2) is 5.82 Å². The van der Waals surface area contributed by atoms with Gasteiger partial charge in [0.1, 0.15) is 0 Å². The van der Waals surface area contributed by atoms with Crippen LogP contribution in [0.2, 0.25) is 0 Å². The second-order valence-electron chi connectivity index (χ2n) is 6.16. The fourth-order valence-corrected chi connectivity index (χ4v) is 2.47. The Morgan fingerprint density at radius 1 is 1.32 bits per heavy atom. The van der Waals surface area contributed by atoms with Crippen molar-refractivity contribution >= 4 is 23.2 Å². The summed E-state index contributed by atoms with van der Waals surface area (Å²) in [5.41, 5.74) is 0.826. The lowest BCUT2D eigenvalue weighted by Gasteiger charge is -2.16. The normalized spacial score (nSPS) is 12.7. The Bertz CT molecular complexity index is 604. The molecule has 2 aromatic rings. The van der Waals surface area contributed by atoms with Crippen LogP contribution < -0.4 is 10.6 Å². The Labute approximate surface area is 134 Å². The van der Waals surface area contributed by atoms with E-state index in [9.17, 15) is 4.79 Å². The number of carbonyl (C=O) groups is 1. The molecule has 0 fully saturated rings. The van der Waals surface area contributed by atoms with Gasteiger partial charge in [0.05, 0.1) is 10.7 Å². The maximum absolute atomic E-state index is 11.9. The highest BCUT2D eigenvalue weighted by Gasteiger charge is 2.16. The highest BCUT2D eigenvalue weighted by molar-refractivity contribution is 7.09. The van der Waals surface area contributed by atoms with E-state index in [-0.39, 0.29) is 17.4 Å². The summed E-state index contributed by atoms with van der Waals surface area (Å²) in [7, 11) is 0. The topological polar surface area (TPSA) is 79.8 Å². The highest BCUT2D eigenvalue weighted by atomic mass is 32.1. The SMILES string of the molecule is CC(CNC(=O)Nc1ccc(C(C)(C)C)nn1)c1nccs1. The van der Waals surface area contributed by atoms with Crippen LogP contribution in [0.25, 0.3) is 0 Å². The van der Waals surface area contributed by atoms with Gasteiger partial charge in [-0.1, -0.05) is 27.7 Å². The van der Waals surface area contributed by atoms with Crippen molar-refractivity contribution in [2.45, 2.75) is 39.0 Å². The summed E-state index contributed by atoms with van der Waals surface area (Å²) < 4.78 is 0. The summed E-state index contributed by atoms with van der Waals surface area (Å²) in [6.45, 7) is 8.74. The zero-order chi connectivity index (χ0) is 16.2. The highest BCUT2D eigenvalue weighted by Crippen LogP contribution is 2.19. The minimum Gasteiger partial charge on any atom is -0.337 e. The quantitative estimate of drug-likeness (QED) is 0.907. The Kier molecular flexibility index (Phi) is 5.07. The first-order valence-electron chi connectivity index (χ1n) is 7.14. The number of aromatic nitrogens is 3. The van der Waals surface area contributed by atoms with Crippen LogP contribution in [-0.4, -0.2) is 27.8 Å². The van der Waals surface area contributed by atoms with Gasteiger partial charge in [0.25, 0.3) is 0 Å². The molecule has 0 radical (unpaired) electrons. The Balaban J connectivity index is 1.84. The van der Waals surface area contributed by atoms with E-state index in [1.54, 1.807) is 23.6 Å². The smallest absolute Gasteiger partial charge is 0.320 e. The van der Waals surface area contributed by atoms with Crippen LogP contribution in [0.3, 0.4) is 0 Å². The summed E-state index contributed by atoms with van der Waals surface area (Å²) in [5.74, 6) is 0.618. The van der Waals surface area contributed by atoms with Crippen LogP contribution in [0, 0.1) is 0 Å². The average Bonchev–Trinajstić information content (AvgIpc) is 2.98. The lowest BCUT2D eigenvalue weighted by atomic mass is 9.92. The molecule has 0 aliphatic heterocycles. The molecule has 0 spiro atoms. The third-order valence-corrected chi connectivity index (χ3v) is 4.12. The van der Waals surface area contributed by atoms with Gasteiger partial charge >= 0.3 is 6.03 Å². The fraction of sp³-hybridized carbons (Fsp3) is 0.467. The lowest BCUT2D eigenvalue weighted by molar-refractivity contribution is 0.251. The zero-order valence-corrected chi connectivity index (χ0v) is 14.1. The molecular weight excluding hydrogens is 298 g/mol. The molecule has 22 heavy (non-hydrogen) atoms. The Morgan fingerprint density at radius 3 is 2.64 bits per heavy atom. The van der Waals surface area contributed by atoms with E-state index in [1.807, 2.05) is 18.4 Å². The molecule has 2 heterocycles. The van der Waals surface area contributed by atoms with Gasteiger partial charge in [-0.05, 0) is 12.1 Å². The summed E-state index contributed by atoms with van der Waals surface area (Å²) in [6, 6.07) is 3.35. The first-order valence-corrected chi connectivity index (χ1v) is 8.02. The van der Waals surface area contributed by atoms with Gasteiger partial charge in [0.2, 0.25) is 0 Å². The van der Waals surface area contributed by atoms with E-state index in [0.717, 1.165) is 10.7 Å². The Hall–Kier alpha value is -2.02. The Morgan fingerprint density at radius 2 is 2.09 bits per heavy atom. The molecule has 0 saturated heterocycles. The van der Waals surface area contributed by atoms with Crippen molar-refractivity contribution < 1.29 is 4.79 Å². The molecule has 0 aromatic carbocycles. The summed E-state index contributed by atoms with van der Waals surface area (Å²) in [5, 5.41) is 16.6. The van der Waals surface area contributed by atoms with E-state index in [2.05, 4.69) is 46.6 Å². The van der Waals surface area contributed by atoms with Gasteiger partial charge in [-0.3, -0.25) is 5.32 Å². The molecule has 118 valence electrons. The summed E-state index contributed by atoms with van der Waals surface area (Å²) >= 11 is 1.59. The molecule has 2 N–H and O–H groups in total. The zero-order valence-electron chi connectivity index (χ0n) is 13.3. The molecule has 1 atom stereocenters. The predicted molar refractivity (Wildman–Crippen MR) is 88.3 cm³/mol. The van der Waals surface area contributed by atoms with Crippen molar-refractivity contribution in [1.29, 1.82) is 0 Å². The molecular formula is C15H21N5OS. The molecule has 0 bridgehead atoms. The molecule has 1 unspecified atom stereocenters. The van der Waals surface area contributed by atoms with Crippen molar-refractivity contribution in [1.82, 2.24) is 20.5 Å². The minimum atomic E-state index is -0.291. The van der Waals surface area contributed by atoms with Gasteiger partial charge in [-0.25, -0.2) is 9.78 Å². The molecule has 2 aromatic heterocycles. The van der Waals surface area contributed by atoms with Crippen molar-refractivity contribution in [3.63, 3.8) is 0 Å².